The number of hydrogen-bond donors (Lipinski definition) is 2. The predicted molar refractivity (Wildman–Crippen MR) is 114 cm³/mol. The Bertz CT molecular complexity index is 716. The molecule has 1 heterocycles. The summed E-state index contributed by atoms with van der Waals surface area (Å²) in [5.74, 6) is 2.89. The van der Waals surface area contributed by atoms with Gasteiger partial charge in [0.2, 0.25) is 5.91 Å². The Hall–Kier alpha value is -2.44. The number of guanidine groups is 1. The van der Waals surface area contributed by atoms with Gasteiger partial charge in [-0.05, 0) is 38.3 Å². The lowest BCUT2D eigenvalue weighted by Crippen LogP contribution is -2.45. The first-order chi connectivity index (χ1) is 14.1. The standard InChI is InChI=1S/C22H34N4O3/c1-4-23-22(24-14-17-9-10-19(28-2)13-20(17)29-3)25-18-11-12-26(15-18)21(27)16-7-5-6-8-16/h9-10,13,16,18H,4-8,11-12,14-15H2,1-3H3,(H2,23,24,25). The van der Waals surface area contributed by atoms with Crippen LogP contribution in [0.5, 0.6) is 11.5 Å². The number of benzene rings is 1. The molecule has 2 N–H and O–H groups in total. The van der Waals surface area contributed by atoms with Crippen LogP contribution in [-0.4, -0.2) is 56.7 Å². The maximum atomic E-state index is 12.7. The second-order valence-corrected chi connectivity index (χ2v) is 7.77. The topological polar surface area (TPSA) is 75.2 Å². The van der Waals surface area contributed by atoms with E-state index in [9.17, 15) is 4.79 Å². The number of aliphatic imine (C=N–C) groups is 1. The summed E-state index contributed by atoms with van der Waals surface area (Å²) in [7, 11) is 3.29. The van der Waals surface area contributed by atoms with E-state index in [0.29, 0.717) is 12.5 Å². The van der Waals surface area contributed by atoms with Gasteiger partial charge in [-0.2, -0.15) is 0 Å². The molecule has 0 radical (unpaired) electrons. The molecule has 7 nitrogen and oxygen atoms in total. The van der Waals surface area contributed by atoms with E-state index in [2.05, 4.69) is 17.6 Å². The third-order valence-corrected chi connectivity index (χ3v) is 5.79. The number of ether oxygens (including phenoxy) is 2. The summed E-state index contributed by atoms with van der Waals surface area (Å²) in [6.45, 7) is 4.92. The molecule has 0 aromatic heterocycles. The molecular formula is C22H34N4O3. The van der Waals surface area contributed by atoms with Crippen molar-refractivity contribution < 1.29 is 14.3 Å². The van der Waals surface area contributed by atoms with Crippen LogP contribution in [-0.2, 0) is 11.3 Å². The van der Waals surface area contributed by atoms with Crippen LogP contribution >= 0.6 is 0 Å². The summed E-state index contributed by atoms with van der Waals surface area (Å²) in [4.78, 5) is 19.4. The fraction of sp³-hybridized carbons (Fsp3) is 0.636. The number of methoxy groups -OCH3 is 2. The quantitative estimate of drug-likeness (QED) is 0.542. The van der Waals surface area contributed by atoms with E-state index in [4.69, 9.17) is 14.5 Å². The molecule has 1 saturated carbocycles. The Labute approximate surface area is 173 Å². The van der Waals surface area contributed by atoms with Crippen LogP contribution in [0.2, 0.25) is 0 Å². The highest BCUT2D eigenvalue weighted by atomic mass is 16.5. The van der Waals surface area contributed by atoms with Crippen LogP contribution in [0.15, 0.2) is 23.2 Å². The van der Waals surface area contributed by atoms with Crippen molar-refractivity contribution in [3.05, 3.63) is 23.8 Å². The predicted octanol–water partition coefficient (Wildman–Crippen LogP) is 2.55. The highest BCUT2D eigenvalue weighted by molar-refractivity contribution is 5.81. The highest BCUT2D eigenvalue weighted by Gasteiger charge is 2.32. The molecule has 1 atom stereocenters. The number of rotatable bonds is 7. The number of nitrogens with one attached hydrogen (secondary N) is 2. The average molecular weight is 403 g/mol. The van der Waals surface area contributed by atoms with Gasteiger partial charge in [-0.25, -0.2) is 4.99 Å². The number of carbonyl (C=O) groups excluding carboxylic acids is 1. The van der Waals surface area contributed by atoms with Crippen LogP contribution in [0.4, 0.5) is 0 Å². The Morgan fingerprint density at radius 1 is 1.21 bits per heavy atom. The minimum atomic E-state index is 0.232. The molecule has 29 heavy (non-hydrogen) atoms. The van der Waals surface area contributed by atoms with Gasteiger partial charge in [0.1, 0.15) is 11.5 Å². The molecule has 3 rings (SSSR count). The van der Waals surface area contributed by atoms with E-state index >= 15 is 0 Å². The van der Waals surface area contributed by atoms with Gasteiger partial charge in [0.25, 0.3) is 0 Å². The van der Waals surface area contributed by atoms with E-state index in [1.54, 1.807) is 14.2 Å². The lowest BCUT2D eigenvalue weighted by Gasteiger charge is -2.21. The summed E-state index contributed by atoms with van der Waals surface area (Å²) in [6, 6.07) is 5.99. The highest BCUT2D eigenvalue weighted by Crippen LogP contribution is 2.28. The second-order valence-electron chi connectivity index (χ2n) is 7.77. The zero-order valence-corrected chi connectivity index (χ0v) is 17.9. The summed E-state index contributed by atoms with van der Waals surface area (Å²) in [5.41, 5.74) is 0.995. The van der Waals surface area contributed by atoms with Crippen LogP contribution in [0, 0.1) is 5.92 Å². The van der Waals surface area contributed by atoms with Crippen LogP contribution in [0.3, 0.4) is 0 Å². The van der Waals surface area contributed by atoms with Gasteiger partial charge < -0.3 is 25.0 Å². The molecule has 1 aliphatic heterocycles. The maximum Gasteiger partial charge on any atom is 0.225 e. The number of carbonyl (C=O) groups is 1. The lowest BCUT2D eigenvalue weighted by atomic mass is 10.1. The zero-order valence-electron chi connectivity index (χ0n) is 17.9. The smallest absolute Gasteiger partial charge is 0.225 e. The Morgan fingerprint density at radius 2 is 2.00 bits per heavy atom. The van der Waals surface area contributed by atoms with Gasteiger partial charge in [0.15, 0.2) is 5.96 Å². The molecule has 0 bridgehead atoms. The average Bonchev–Trinajstić information content (AvgIpc) is 3.44. The molecule has 0 spiro atoms. The van der Waals surface area contributed by atoms with Crippen molar-refractivity contribution in [2.24, 2.45) is 10.9 Å². The lowest BCUT2D eigenvalue weighted by molar-refractivity contribution is -0.134. The zero-order chi connectivity index (χ0) is 20.6. The molecule has 1 saturated heterocycles. The van der Waals surface area contributed by atoms with E-state index < -0.39 is 0 Å². The Kier molecular flexibility index (Phi) is 7.61. The van der Waals surface area contributed by atoms with Crippen molar-refractivity contribution >= 4 is 11.9 Å². The molecule has 1 amide bonds. The third kappa shape index (κ3) is 5.55. The van der Waals surface area contributed by atoms with E-state index in [1.165, 1.54) is 12.8 Å². The molecule has 160 valence electrons. The Morgan fingerprint density at radius 3 is 2.69 bits per heavy atom. The largest absolute Gasteiger partial charge is 0.497 e. The first kappa shape index (κ1) is 21.3. The molecular weight excluding hydrogens is 368 g/mol. The molecule has 1 aromatic rings. The first-order valence-electron chi connectivity index (χ1n) is 10.7. The monoisotopic (exact) mass is 402 g/mol. The molecule has 2 fully saturated rings. The van der Waals surface area contributed by atoms with E-state index in [1.807, 2.05) is 23.1 Å². The van der Waals surface area contributed by atoms with Gasteiger partial charge >= 0.3 is 0 Å². The molecule has 1 unspecified atom stereocenters. The van der Waals surface area contributed by atoms with Crippen molar-refractivity contribution in [2.45, 2.75) is 51.6 Å². The fourth-order valence-corrected chi connectivity index (χ4v) is 4.17. The molecule has 2 aliphatic rings. The summed E-state index contributed by atoms with van der Waals surface area (Å²) < 4.78 is 10.7. The second kappa shape index (κ2) is 10.4. The van der Waals surface area contributed by atoms with Crippen LogP contribution in [0.25, 0.3) is 0 Å². The summed E-state index contributed by atoms with van der Waals surface area (Å²) in [5, 5.41) is 6.81. The normalized spacial score (nSPS) is 20.0. The number of nitrogens with zero attached hydrogens (tertiary/aromatic N) is 2. The molecule has 1 aliphatic carbocycles. The van der Waals surface area contributed by atoms with Crippen LogP contribution in [0.1, 0.15) is 44.6 Å². The maximum absolute atomic E-state index is 12.7. The van der Waals surface area contributed by atoms with Crippen molar-refractivity contribution in [2.75, 3.05) is 33.9 Å². The number of likely N-dealkylation sites (tertiary alicyclic amines) is 1. The van der Waals surface area contributed by atoms with E-state index in [0.717, 1.165) is 61.9 Å². The minimum absolute atomic E-state index is 0.232. The van der Waals surface area contributed by atoms with Gasteiger partial charge in [-0.1, -0.05) is 12.8 Å². The SMILES string of the molecule is CCNC(=NCc1ccc(OC)cc1OC)NC1CCN(C(=O)C2CCCC2)C1. The van der Waals surface area contributed by atoms with Crippen LogP contribution < -0.4 is 20.1 Å². The van der Waals surface area contributed by atoms with Crippen molar-refractivity contribution in [3.8, 4) is 11.5 Å². The van der Waals surface area contributed by atoms with Crippen molar-refractivity contribution in [1.82, 2.24) is 15.5 Å². The Balaban J connectivity index is 1.59. The fourth-order valence-electron chi connectivity index (χ4n) is 4.17. The number of hydrogen-bond acceptors (Lipinski definition) is 4. The van der Waals surface area contributed by atoms with Gasteiger partial charge in [0, 0.05) is 43.2 Å². The third-order valence-electron chi connectivity index (χ3n) is 5.79. The first-order valence-corrected chi connectivity index (χ1v) is 10.7. The van der Waals surface area contributed by atoms with Crippen molar-refractivity contribution in [3.63, 3.8) is 0 Å². The van der Waals surface area contributed by atoms with Gasteiger partial charge in [-0.15, -0.1) is 0 Å². The van der Waals surface area contributed by atoms with Gasteiger partial charge in [-0.3, -0.25) is 4.79 Å². The molecule has 7 heteroatoms. The van der Waals surface area contributed by atoms with E-state index in [-0.39, 0.29) is 12.0 Å². The molecule has 1 aromatic carbocycles. The van der Waals surface area contributed by atoms with Crippen molar-refractivity contribution in [1.29, 1.82) is 0 Å². The minimum Gasteiger partial charge on any atom is -0.497 e. The van der Waals surface area contributed by atoms with Gasteiger partial charge in [0.05, 0.1) is 20.8 Å². The summed E-state index contributed by atoms with van der Waals surface area (Å²) in [6.07, 6.45) is 5.45. The summed E-state index contributed by atoms with van der Waals surface area (Å²) >= 11 is 0. The number of amides is 1.